The van der Waals surface area contributed by atoms with Crippen LogP contribution >= 0.6 is 0 Å². The highest BCUT2D eigenvalue weighted by Crippen LogP contribution is 2.27. The Balaban J connectivity index is 2.34. The molecule has 0 radical (unpaired) electrons. The van der Waals surface area contributed by atoms with Crippen LogP contribution in [-0.4, -0.2) is 50.9 Å². The molecule has 6 nitrogen and oxygen atoms in total. The Morgan fingerprint density at radius 3 is 2.78 bits per heavy atom. The molecule has 1 N–H and O–H groups in total. The molecule has 1 aliphatic heterocycles. The molecule has 1 heterocycles. The van der Waals surface area contributed by atoms with Gasteiger partial charge < -0.3 is 24.1 Å². The summed E-state index contributed by atoms with van der Waals surface area (Å²) in [5.41, 5.74) is 1.30. The smallest absolute Gasteiger partial charge is 0.342 e. The number of carbonyl (C=O) groups is 1. The third-order valence-corrected chi connectivity index (χ3v) is 4.80. The molecule has 0 saturated heterocycles. The van der Waals surface area contributed by atoms with Gasteiger partial charge in [0.15, 0.2) is 0 Å². The molecule has 0 aliphatic carbocycles. The van der Waals surface area contributed by atoms with Crippen molar-refractivity contribution in [3.63, 3.8) is 0 Å². The van der Waals surface area contributed by atoms with Crippen LogP contribution in [0, 0.1) is 5.92 Å². The van der Waals surface area contributed by atoms with Crippen LogP contribution in [0.2, 0.25) is 0 Å². The summed E-state index contributed by atoms with van der Waals surface area (Å²) in [7, 11) is 3.12. The SMILES string of the molecule is COCOC1C[C@H](CCO)OC(=O)c2c(cccc2OC)C/C=C/C[C@@H]1C. The van der Waals surface area contributed by atoms with Crippen LogP contribution in [0.5, 0.6) is 5.75 Å². The van der Waals surface area contributed by atoms with Crippen LogP contribution in [0.3, 0.4) is 0 Å². The van der Waals surface area contributed by atoms with E-state index in [0.29, 0.717) is 30.6 Å². The molecular formula is C21H30O6. The highest BCUT2D eigenvalue weighted by Gasteiger charge is 2.27. The monoisotopic (exact) mass is 378 g/mol. The lowest BCUT2D eigenvalue weighted by molar-refractivity contribution is -0.104. The van der Waals surface area contributed by atoms with E-state index >= 15 is 0 Å². The van der Waals surface area contributed by atoms with E-state index in [-0.39, 0.29) is 25.4 Å². The number of benzene rings is 1. The minimum atomic E-state index is -0.451. The van der Waals surface area contributed by atoms with E-state index in [9.17, 15) is 9.90 Å². The first-order valence-electron chi connectivity index (χ1n) is 9.33. The highest BCUT2D eigenvalue weighted by atomic mass is 16.7. The average Bonchev–Trinajstić information content (AvgIpc) is 2.67. The fourth-order valence-electron chi connectivity index (χ4n) is 3.28. The van der Waals surface area contributed by atoms with Gasteiger partial charge in [-0.1, -0.05) is 31.2 Å². The molecule has 150 valence electrons. The van der Waals surface area contributed by atoms with Gasteiger partial charge >= 0.3 is 5.97 Å². The van der Waals surface area contributed by atoms with Crippen molar-refractivity contribution < 1.29 is 28.8 Å². The maximum Gasteiger partial charge on any atom is 0.342 e. The number of aliphatic hydroxyl groups is 1. The second kappa shape index (κ2) is 11.1. The second-order valence-corrected chi connectivity index (χ2v) is 6.77. The number of allylic oxidation sites excluding steroid dienone is 2. The maximum absolute atomic E-state index is 12.9. The molecule has 2 rings (SSSR count). The molecule has 27 heavy (non-hydrogen) atoms. The van der Waals surface area contributed by atoms with Gasteiger partial charge in [-0.3, -0.25) is 0 Å². The topological polar surface area (TPSA) is 74.2 Å². The predicted molar refractivity (Wildman–Crippen MR) is 102 cm³/mol. The van der Waals surface area contributed by atoms with Gasteiger partial charge in [0.2, 0.25) is 0 Å². The van der Waals surface area contributed by atoms with Crippen molar-refractivity contribution in [3.8, 4) is 5.75 Å². The van der Waals surface area contributed by atoms with E-state index in [1.807, 2.05) is 12.1 Å². The number of ether oxygens (including phenoxy) is 4. The van der Waals surface area contributed by atoms with Crippen molar-refractivity contribution >= 4 is 5.97 Å². The number of aliphatic hydroxyl groups excluding tert-OH is 1. The van der Waals surface area contributed by atoms with Crippen molar-refractivity contribution in [2.24, 2.45) is 5.92 Å². The van der Waals surface area contributed by atoms with Gasteiger partial charge in [-0.25, -0.2) is 4.79 Å². The summed E-state index contributed by atoms with van der Waals surface area (Å²) in [4.78, 5) is 12.9. The lowest BCUT2D eigenvalue weighted by Gasteiger charge is -2.28. The first-order chi connectivity index (χ1) is 13.1. The zero-order chi connectivity index (χ0) is 19.6. The summed E-state index contributed by atoms with van der Waals surface area (Å²) in [6, 6.07) is 5.53. The van der Waals surface area contributed by atoms with Gasteiger partial charge in [-0.2, -0.15) is 0 Å². The van der Waals surface area contributed by atoms with Crippen molar-refractivity contribution in [3.05, 3.63) is 41.5 Å². The molecule has 0 saturated carbocycles. The molecule has 0 aromatic heterocycles. The molecule has 0 fully saturated rings. The van der Waals surface area contributed by atoms with Gasteiger partial charge in [0.1, 0.15) is 24.2 Å². The van der Waals surface area contributed by atoms with E-state index in [1.54, 1.807) is 13.2 Å². The third kappa shape index (κ3) is 6.06. The largest absolute Gasteiger partial charge is 0.496 e. The molecular weight excluding hydrogens is 348 g/mol. The quantitative estimate of drug-likeness (QED) is 0.466. The summed E-state index contributed by atoms with van der Waals surface area (Å²) in [6.45, 7) is 2.21. The number of fused-ring (bicyclic) bond motifs is 1. The predicted octanol–water partition coefficient (Wildman–Crippen LogP) is 3.12. The van der Waals surface area contributed by atoms with Gasteiger partial charge in [0.25, 0.3) is 0 Å². The van der Waals surface area contributed by atoms with Crippen LogP contribution in [0.1, 0.15) is 42.1 Å². The van der Waals surface area contributed by atoms with Crippen LogP contribution in [0.25, 0.3) is 0 Å². The Labute approximate surface area is 161 Å². The fourth-order valence-corrected chi connectivity index (χ4v) is 3.28. The standard InChI is InChI=1S/C21H30O6/c1-15-7-4-5-8-16-9-6-10-18(25-3)20(16)21(23)27-17(11-12-22)13-19(15)26-14-24-2/h4-6,9-10,15,17,19,22H,7-8,11-14H2,1-3H3/b5-4+/t15-,17-,19?/m0/s1. The van der Waals surface area contributed by atoms with Gasteiger partial charge in [0.05, 0.1) is 13.2 Å². The van der Waals surface area contributed by atoms with Gasteiger partial charge in [-0.15, -0.1) is 0 Å². The molecule has 1 aliphatic rings. The third-order valence-electron chi connectivity index (χ3n) is 4.80. The number of carbonyl (C=O) groups excluding carboxylic acids is 1. The normalized spacial score (nSPS) is 24.9. The van der Waals surface area contributed by atoms with Gasteiger partial charge in [0, 0.05) is 26.6 Å². The molecule has 3 atom stereocenters. The van der Waals surface area contributed by atoms with Gasteiger partial charge in [-0.05, 0) is 30.4 Å². The van der Waals surface area contributed by atoms with Crippen molar-refractivity contribution in [2.45, 2.75) is 44.8 Å². The second-order valence-electron chi connectivity index (χ2n) is 6.77. The minimum absolute atomic E-state index is 0.0675. The Hall–Kier alpha value is -1.89. The van der Waals surface area contributed by atoms with E-state index in [2.05, 4.69) is 19.1 Å². The molecule has 1 aromatic carbocycles. The van der Waals surface area contributed by atoms with E-state index in [0.717, 1.165) is 12.0 Å². The molecule has 0 amide bonds. The summed E-state index contributed by atoms with van der Waals surface area (Å²) in [5.74, 6) is 0.278. The molecule has 6 heteroatoms. The Morgan fingerprint density at radius 2 is 2.07 bits per heavy atom. The highest BCUT2D eigenvalue weighted by molar-refractivity contribution is 5.94. The van der Waals surface area contributed by atoms with E-state index < -0.39 is 12.1 Å². The van der Waals surface area contributed by atoms with Crippen LogP contribution < -0.4 is 4.74 Å². The first kappa shape index (κ1) is 21.4. The van der Waals surface area contributed by atoms with Crippen LogP contribution in [-0.2, 0) is 20.6 Å². The zero-order valence-corrected chi connectivity index (χ0v) is 16.3. The van der Waals surface area contributed by atoms with E-state index in [4.69, 9.17) is 18.9 Å². The average molecular weight is 378 g/mol. The molecule has 1 aromatic rings. The number of cyclic esters (lactones) is 1. The lowest BCUT2D eigenvalue weighted by Crippen LogP contribution is -2.31. The summed E-state index contributed by atoms with van der Waals surface area (Å²) in [6.07, 6.45) is 5.88. The first-order valence-corrected chi connectivity index (χ1v) is 9.33. The van der Waals surface area contributed by atoms with Crippen LogP contribution in [0.4, 0.5) is 0 Å². The Kier molecular flexibility index (Phi) is 8.78. The van der Waals surface area contributed by atoms with Crippen LogP contribution in [0.15, 0.2) is 30.4 Å². The van der Waals surface area contributed by atoms with E-state index in [1.165, 1.54) is 7.11 Å². The summed E-state index contributed by atoms with van der Waals surface area (Å²) in [5, 5.41) is 9.42. The lowest BCUT2D eigenvalue weighted by atomic mass is 9.93. The number of rotatable bonds is 6. The Bertz CT molecular complexity index is 627. The zero-order valence-electron chi connectivity index (χ0n) is 16.3. The number of hydrogen-bond acceptors (Lipinski definition) is 6. The minimum Gasteiger partial charge on any atom is -0.496 e. The number of methoxy groups -OCH3 is 2. The Morgan fingerprint density at radius 1 is 1.26 bits per heavy atom. The molecule has 1 unspecified atom stereocenters. The molecule has 0 spiro atoms. The summed E-state index contributed by atoms with van der Waals surface area (Å²) >= 11 is 0. The maximum atomic E-state index is 12.9. The fraction of sp³-hybridized carbons (Fsp3) is 0.571. The van der Waals surface area contributed by atoms with Crippen molar-refractivity contribution in [1.82, 2.24) is 0 Å². The number of hydrogen-bond donors (Lipinski definition) is 1. The number of esters is 1. The van der Waals surface area contributed by atoms with Crippen molar-refractivity contribution in [2.75, 3.05) is 27.6 Å². The van der Waals surface area contributed by atoms with Crippen molar-refractivity contribution in [1.29, 1.82) is 0 Å². The summed E-state index contributed by atoms with van der Waals surface area (Å²) < 4.78 is 22.0. The molecule has 0 bridgehead atoms.